The summed E-state index contributed by atoms with van der Waals surface area (Å²) < 4.78 is -0.443. The molecule has 2 nitrogen and oxygen atoms in total. The van der Waals surface area contributed by atoms with Crippen molar-refractivity contribution >= 4 is 49.5 Å². The molecule has 5 heteroatoms. The summed E-state index contributed by atoms with van der Waals surface area (Å²) in [4.78, 5) is 13.1. The Bertz CT molecular complexity index is 196. The summed E-state index contributed by atoms with van der Waals surface area (Å²) in [5.74, 6) is 1.23. The Morgan fingerprint density at radius 1 is 1.70 bits per heavy atom. The van der Waals surface area contributed by atoms with Crippen molar-refractivity contribution in [3.63, 3.8) is 0 Å². The van der Waals surface area contributed by atoms with Crippen LogP contribution in [0.2, 0.25) is 0 Å². The van der Waals surface area contributed by atoms with Crippen LogP contribution < -0.4 is 0 Å². The van der Waals surface area contributed by atoms with Crippen LogP contribution in [0.25, 0.3) is 0 Å². The minimum Gasteiger partial charge on any atom is -0.325 e. The lowest BCUT2D eigenvalue weighted by molar-refractivity contribution is -0.140. The topological polar surface area (TPSA) is 20.3 Å². The third-order valence-electron chi connectivity index (χ3n) is 1.75. The molecule has 56 valence electrons. The third kappa shape index (κ3) is 0.741. The van der Waals surface area contributed by atoms with E-state index in [1.165, 1.54) is 0 Å². The van der Waals surface area contributed by atoms with Crippen LogP contribution in [-0.4, -0.2) is 31.7 Å². The minimum atomic E-state index is -0.443. The molecule has 2 aliphatic heterocycles. The van der Waals surface area contributed by atoms with Gasteiger partial charge in [-0.3, -0.25) is 4.79 Å². The van der Waals surface area contributed by atoms with Crippen molar-refractivity contribution in [2.45, 2.75) is 8.61 Å². The van der Waals surface area contributed by atoms with Gasteiger partial charge in [0.05, 0.1) is 0 Å². The number of β-lactam (4-membered cyclic amide) rings is 1. The largest absolute Gasteiger partial charge is 0.325 e. The monoisotopic (exact) mass is 285 g/mol. The van der Waals surface area contributed by atoms with Gasteiger partial charge < -0.3 is 4.90 Å². The van der Waals surface area contributed by atoms with Gasteiger partial charge in [0.15, 0.2) is 3.23 Å². The molecule has 10 heavy (non-hydrogen) atoms. The number of halogens is 2. The van der Waals surface area contributed by atoms with Crippen molar-refractivity contribution in [2.24, 2.45) is 0 Å². The van der Waals surface area contributed by atoms with E-state index in [1.54, 1.807) is 0 Å². The van der Waals surface area contributed by atoms with Crippen LogP contribution in [0.4, 0.5) is 0 Å². The van der Waals surface area contributed by atoms with Crippen LogP contribution in [-0.2, 0) is 4.79 Å². The van der Waals surface area contributed by atoms with Crippen molar-refractivity contribution in [1.82, 2.24) is 4.90 Å². The van der Waals surface area contributed by atoms with Gasteiger partial charge in [0.25, 0.3) is 5.91 Å². The normalized spacial score (nSPS) is 35.6. The first-order valence-corrected chi connectivity index (χ1v) is 5.58. The van der Waals surface area contributed by atoms with Crippen LogP contribution in [0.1, 0.15) is 0 Å². The molecule has 0 aromatic rings. The lowest BCUT2D eigenvalue weighted by Crippen LogP contribution is -2.63. The molecule has 0 saturated carbocycles. The maximum Gasteiger partial charge on any atom is 0.254 e. The fourth-order valence-corrected chi connectivity index (χ4v) is 4.17. The first-order chi connectivity index (χ1) is 4.64. The standard InChI is InChI=1S/C5H5Br2NOS/c6-5(7)3(9)8-1-2-10-4(5)8/h4H,1-2H2/t4-/m1/s1. The maximum atomic E-state index is 11.2. The zero-order valence-corrected chi connectivity index (χ0v) is 9.00. The van der Waals surface area contributed by atoms with Gasteiger partial charge in [0.1, 0.15) is 5.37 Å². The van der Waals surface area contributed by atoms with E-state index in [1.807, 2.05) is 16.7 Å². The van der Waals surface area contributed by atoms with Gasteiger partial charge in [-0.1, -0.05) is 31.9 Å². The fourth-order valence-electron chi connectivity index (χ4n) is 1.21. The third-order valence-corrected chi connectivity index (χ3v) is 5.24. The molecule has 0 N–H and O–H groups in total. The highest BCUT2D eigenvalue weighted by molar-refractivity contribution is 9.26. The molecule has 0 aromatic carbocycles. The summed E-state index contributed by atoms with van der Waals surface area (Å²) in [5, 5.41) is 0.319. The van der Waals surface area contributed by atoms with Crippen LogP contribution in [0.15, 0.2) is 0 Å². The first-order valence-electron chi connectivity index (χ1n) is 2.94. The van der Waals surface area contributed by atoms with Crippen LogP contribution >= 0.6 is 43.6 Å². The second kappa shape index (κ2) is 2.14. The predicted molar refractivity (Wildman–Crippen MR) is 48.5 cm³/mol. The van der Waals surface area contributed by atoms with Crippen molar-refractivity contribution in [2.75, 3.05) is 12.3 Å². The van der Waals surface area contributed by atoms with Crippen molar-refractivity contribution < 1.29 is 4.79 Å². The van der Waals surface area contributed by atoms with E-state index in [0.717, 1.165) is 12.3 Å². The molecule has 0 radical (unpaired) electrons. The predicted octanol–water partition coefficient (Wildman–Crippen LogP) is 1.39. The molecular formula is C5H5Br2NOS. The van der Waals surface area contributed by atoms with Gasteiger partial charge in [0, 0.05) is 12.3 Å². The average Bonchev–Trinajstić information content (AvgIpc) is 2.31. The van der Waals surface area contributed by atoms with E-state index in [9.17, 15) is 4.79 Å². The molecule has 0 aromatic heterocycles. The number of hydrogen-bond acceptors (Lipinski definition) is 2. The second-order valence-electron chi connectivity index (χ2n) is 2.34. The minimum absolute atomic E-state index is 0.169. The molecule has 0 unspecified atom stereocenters. The van der Waals surface area contributed by atoms with E-state index in [2.05, 4.69) is 31.9 Å². The van der Waals surface area contributed by atoms with Crippen LogP contribution in [0.5, 0.6) is 0 Å². The highest BCUT2D eigenvalue weighted by Gasteiger charge is 2.60. The fraction of sp³-hybridized carbons (Fsp3) is 0.800. The van der Waals surface area contributed by atoms with Gasteiger partial charge >= 0.3 is 0 Å². The Labute approximate surface area is 80.0 Å². The lowest BCUT2D eigenvalue weighted by Gasteiger charge is -2.44. The summed E-state index contributed by atoms with van der Waals surface area (Å²) in [7, 11) is 0. The summed E-state index contributed by atoms with van der Waals surface area (Å²) >= 11 is 8.50. The Morgan fingerprint density at radius 2 is 2.40 bits per heavy atom. The summed E-state index contributed by atoms with van der Waals surface area (Å²) in [6, 6.07) is 0. The molecule has 2 heterocycles. The molecule has 0 aliphatic carbocycles. The number of fused-ring (bicyclic) bond motifs is 1. The Morgan fingerprint density at radius 3 is 3.00 bits per heavy atom. The van der Waals surface area contributed by atoms with E-state index >= 15 is 0 Å². The molecule has 2 fully saturated rings. The number of nitrogens with zero attached hydrogens (tertiary/aromatic N) is 1. The summed E-state index contributed by atoms with van der Waals surface area (Å²) in [6.45, 7) is 0.910. The van der Waals surface area contributed by atoms with E-state index in [0.29, 0.717) is 5.37 Å². The van der Waals surface area contributed by atoms with Gasteiger partial charge in [0.2, 0.25) is 0 Å². The number of thioether (sulfide) groups is 1. The molecule has 2 saturated heterocycles. The summed E-state index contributed by atoms with van der Waals surface area (Å²) in [5.41, 5.74) is 0. The molecule has 2 rings (SSSR count). The smallest absolute Gasteiger partial charge is 0.254 e. The number of hydrogen-bond donors (Lipinski definition) is 0. The quantitative estimate of drug-likeness (QED) is 0.495. The SMILES string of the molecule is O=C1N2CCS[C@@H]2C1(Br)Br. The number of rotatable bonds is 0. The van der Waals surface area contributed by atoms with Crippen molar-refractivity contribution in [1.29, 1.82) is 0 Å². The second-order valence-corrected chi connectivity index (χ2v) is 7.10. The molecule has 0 bridgehead atoms. The lowest BCUT2D eigenvalue weighted by atomic mass is 10.2. The molecule has 1 amide bonds. The highest BCUT2D eigenvalue weighted by atomic mass is 79.9. The van der Waals surface area contributed by atoms with Crippen LogP contribution in [0.3, 0.4) is 0 Å². The van der Waals surface area contributed by atoms with Crippen molar-refractivity contribution in [3.05, 3.63) is 0 Å². The van der Waals surface area contributed by atoms with Crippen LogP contribution in [0, 0.1) is 0 Å². The Kier molecular flexibility index (Phi) is 1.59. The highest BCUT2D eigenvalue weighted by Crippen LogP contribution is 2.51. The van der Waals surface area contributed by atoms with E-state index in [-0.39, 0.29) is 5.91 Å². The molecule has 0 spiro atoms. The molecular weight excluding hydrogens is 282 g/mol. The number of alkyl halides is 2. The zero-order chi connectivity index (χ0) is 7.35. The maximum absolute atomic E-state index is 11.2. The average molecular weight is 287 g/mol. The number of carbonyl (C=O) groups is 1. The number of amides is 1. The summed E-state index contributed by atoms with van der Waals surface area (Å²) in [6.07, 6.45) is 0. The van der Waals surface area contributed by atoms with Gasteiger partial charge in [-0.05, 0) is 0 Å². The van der Waals surface area contributed by atoms with E-state index < -0.39 is 3.23 Å². The van der Waals surface area contributed by atoms with Crippen molar-refractivity contribution in [3.8, 4) is 0 Å². The Balaban J connectivity index is 2.23. The van der Waals surface area contributed by atoms with Gasteiger partial charge in [-0.15, -0.1) is 11.8 Å². The van der Waals surface area contributed by atoms with Gasteiger partial charge in [-0.2, -0.15) is 0 Å². The molecule has 2 aliphatic rings. The number of carbonyl (C=O) groups excluding carboxylic acids is 1. The zero-order valence-electron chi connectivity index (χ0n) is 5.01. The Hall–Kier alpha value is 0.780. The van der Waals surface area contributed by atoms with Gasteiger partial charge in [-0.25, -0.2) is 0 Å². The first kappa shape index (κ1) is 7.43. The van der Waals surface area contributed by atoms with E-state index in [4.69, 9.17) is 0 Å². The molecule has 1 atom stereocenters.